The Morgan fingerprint density at radius 1 is 0.420 bits per heavy atom. The van der Waals surface area contributed by atoms with Crippen molar-refractivity contribution in [2.45, 2.75) is 344 Å². The van der Waals surface area contributed by atoms with Crippen LogP contribution in [0.2, 0.25) is 0 Å². The largest absolute Gasteiger partial charge is 0.394 e. The van der Waals surface area contributed by atoms with Crippen LogP contribution in [0, 0.1) is 0 Å². The molecule has 2 aliphatic rings. The van der Waals surface area contributed by atoms with E-state index in [9.17, 15) is 45.6 Å². The number of carbonyl (C=O) groups excluding carboxylic acids is 1. The second-order valence-corrected chi connectivity index (χ2v) is 24.6. The lowest BCUT2D eigenvalue weighted by Gasteiger charge is -2.46. The molecular weight excluding hydrogens is 1110 g/mol. The van der Waals surface area contributed by atoms with Crippen LogP contribution >= 0.6 is 0 Å². The molecule has 2 aliphatic heterocycles. The number of allylic oxidation sites excluding steroid dienone is 15. The minimum absolute atomic E-state index is 0.213. The molecule has 2 rings (SSSR count). The second kappa shape index (κ2) is 57.8. The van der Waals surface area contributed by atoms with Gasteiger partial charge in [0.15, 0.2) is 12.6 Å². The van der Waals surface area contributed by atoms with Crippen LogP contribution in [-0.4, -0.2) is 140 Å². The van der Waals surface area contributed by atoms with E-state index in [1.165, 1.54) is 173 Å². The van der Waals surface area contributed by atoms with Gasteiger partial charge >= 0.3 is 0 Å². The van der Waals surface area contributed by atoms with E-state index in [4.69, 9.17) is 18.9 Å². The highest BCUT2D eigenvalue weighted by atomic mass is 16.7. The zero-order chi connectivity index (χ0) is 63.8. The predicted molar refractivity (Wildman–Crippen MR) is 359 cm³/mol. The molecule has 2 saturated heterocycles. The zero-order valence-electron chi connectivity index (χ0n) is 55.2. The van der Waals surface area contributed by atoms with Crippen LogP contribution < -0.4 is 5.32 Å². The van der Waals surface area contributed by atoms with Gasteiger partial charge in [0, 0.05) is 6.42 Å². The van der Waals surface area contributed by atoms with E-state index < -0.39 is 86.8 Å². The van der Waals surface area contributed by atoms with Crippen molar-refractivity contribution in [3.05, 3.63) is 97.2 Å². The number of hydrogen-bond donors (Lipinski definition) is 9. The molecule has 88 heavy (non-hydrogen) atoms. The molecule has 1 amide bonds. The molecule has 2 heterocycles. The number of nitrogens with one attached hydrogen (secondary N) is 1. The molecular formula is C74H129NO13. The van der Waals surface area contributed by atoms with Gasteiger partial charge in [0.2, 0.25) is 5.91 Å². The topological polar surface area (TPSA) is 228 Å². The molecule has 508 valence electrons. The van der Waals surface area contributed by atoms with Crippen LogP contribution in [0.15, 0.2) is 97.2 Å². The van der Waals surface area contributed by atoms with Gasteiger partial charge < -0.3 is 65.1 Å². The predicted octanol–water partition coefficient (Wildman–Crippen LogP) is 14.6. The SMILES string of the molecule is CC/C=C\C/C=C\C/C=C\C/C=C\C/C=C\C/C=C\CCCCC(=O)NC(COC1OC(CO)C(OC2OC(CO)C(O)C(O)C2O)C(O)C1O)C(O)/C=C/CC/C=C/CCCCCCCCCCCCCCCCCCCCCCCCCCCCC. The lowest BCUT2D eigenvalue weighted by molar-refractivity contribution is -0.359. The molecule has 0 aromatic carbocycles. The Morgan fingerprint density at radius 3 is 1.25 bits per heavy atom. The first-order chi connectivity index (χ1) is 43.1. The lowest BCUT2D eigenvalue weighted by Crippen LogP contribution is -2.65. The monoisotopic (exact) mass is 1240 g/mol. The number of aliphatic hydroxyl groups excluding tert-OH is 8. The number of amides is 1. The first-order valence-electron chi connectivity index (χ1n) is 35.5. The third kappa shape index (κ3) is 41.4. The summed E-state index contributed by atoms with van der Waals surface area (Å²) in [7, 11) is 0. The van der Waals surface area contributed by atoms with Crippen molar-refractivity contribution in [2.75, 3.05) is 19.8 Å². The highest BCUT2D eigenvalue weighted by Crippen LogP contribution is 2.30. The number of unbranched alkanes of at least 4 members (excludes halogenated alkanes) is 30. The molecule has 2 fully saturated rings. The van der Waals surface area contributed by atoms with Gasteiger partial charge in [-0.1, -0.05) is 278 Å². The minimum Gasteiger partial charge on any atom is -0.394 e. The average molecular weight is 1240 g/mol. The molecule has 14 heteroatoms. The molecule has 0 aliphatic carbocycles. The first-order valence-corrected chi connectivity index (χ1v) is 35.5. The van der Waals surface area contributed by atoms with Crippen molar-refractivity contribution < 1.29 is 64.6 Å². The number of hydrogen-bond acceptors (Lipinski definition) is 13. The van der Waals surface area contributed by atoms with Crippen molar-refractivity contribution in [3.8, 4) is 0 Å². The number of ether oxygens (including phenoxy) is 4. The van der Waals surface area contributed by atoms with Crippen LogP contribution in [-0.2, 0) is 23.7 Å². The minimum atomic E-state index is -1.80. The van der Waals surface area contributed by atoms with Crippen molar-refractivity contribution in [1.82, 2.24) is 5.32 Å². The van der Waals surface area contributed by atoms with E-state index in [1.54, 1.807) is 6.08 Å². The van der Waals surface area contributed by atoms with Crippen LogP contribution in [0.4, 0.5) is 0 Å². The normalized spacial score (nSPS) is 23.8. The van der Waals surface area contributed by atoms with Gasteiger partial charge in [0.05, 0.1) is 32.0 Å². The maximum Gasteiger partial charge on any atom is 0.220 e. The molecule has 12 unspecified atom stereocenters. The van der Waals surface area contributed by atoms with E-state index in [0.29, 0.717) is 12.8 Å². The van der Waals surface area contributed by atoms with E-state index in [2.05, 4.69) is 104 Å². The zero-order valence-corrected chi connectivity index (χ0v) is 55.2. The van der Waals surface area contributed by atoms with E-state index >= 15 is 0 Å². The molecule has 14 nitrogen and oxygen atoms in total. The first kappa shape index (κ1) is 81.0. The van der Waals surface area contributed by atoms with Crippen molar-refractivity contribution in [2.24, 2.45) is 0 Å². The summed E-state index contributed by atoms with van der Waals surface area (Å²) in [5, 5.41) is 87.3. The molecule has 0 spiro atoms. The summed E-state index contributed by atoms with van der Waals surface area (Å²) in [6.45, 7) is 2.65. The fraction of sp³-hybridized carbons (Fsp3) is 0.770. The maximum absolute atomic E-state index is 13.3. The fourth-order valence-electron chi connectivity index (χ4n) is 11.1. The van der Waals surface area contributed by atoms with Gasteiger partial charge in [0.1, 0.15) is 48.8 Å². The second-order valence-electron chi connectivity index (χ2n) is 24.6. The molecule has 9 N–H and O–H groups in total. The van der Waals surface area contributed by atoms with Gasteiger partial charge in [-0.15, -0.1) is 0 Å². The summed E-state index contributed by atoms with van der Waals surface area (Å²) >= 11 is 0. The highest BCUT2D eigenvalue weighted by molar-refractivity contribution is 5.76. The average Bonchev–Trinajstić information content (AvgIpc) is 2.01. The van der Waals surface area contributed by atoms with Gasteiger partial charge in [-0.2, -0.15) is 0 Å². The van der Waals surface area contributed by atoms with Crippen molar-refractivity contribution in [1.29, 1.82) is 0 Å². The van der Waals surface area contributed by atoms with Crippen LogP contribution in [0.1, 0.15) is 271 Å². The van der Waals surface area contributed by atoms with E-state index in [0.717, 1.165) is 64.2 Å². The Hall–Kier alpha value is -3.09. The quantitative estimate of drug-likeness (QED) is 0.0204. The van der Waals surface area contributed by atoms with Crippen LogP contribution in [0.3, 0.4) is 0 Å². The summed E-state index contributed by atoms with van der Waals surface area (Å²) < 4.78 is 22.8. The van der Waals surface area contributed by atoms with Crippen LogP contribution in [0.5, 0.6) is 0 Å². The summed E-state index contributed by atoms with van der Waals surface area (Å²) in [4.78, 5) is 13.3. The number of aliphatic hydroxyl groups is 8. The summed E-state index contributed by atoms with van der Waals surface area (Å²) in [6, 6.07) is -0.963. The maximum atomic E-state index is 13.3. The summed E-state index contributed by atoms with van der Waals surface area (Å²) in [6.07, 6.45) is 64.8. The molecule has 0 radical (unpaired) electrons. The summed E-state index contributed by atoms with van der Waals surface area (Å²) in [5.74, 6) is -0.292. The third-order valence-corrected chi connectivity index (χ3v) is 16.8. The summed E-state index contributed by atoms with van der Waals surface area (Å²) in [5.41, 5.74) is 0. The number of rotatable bonds is 57. The lowest BCUT2D eigenvalue weighted by atomic mass is 9.97. The van der Waals surface area contributed by atoms with E-state index in [-0.39, 0.29) is 18.9 Å². The Kier molecular flexibility index (Phi) is 53.2. The van der Waals surface area contributed by atoms with Gasteiger partial charge in [0.25, 0.3) is 0 Å². The van der Waals surface area contributed by atoms with Gasteiger partial charge in [-0.3, -0.25) is 4.79 Å². The Bertz CT molecular complexity index is 1850. The Balaban J connectivity index is 1.70. The number of carbonyl (C=O) groups is 1. The highest BCUT2D eigenvalue weighted by Gasteiger charge is 2.51. The van der Waals surface area contributed by atoms with Crippen LogP contribution in [0.25, 0.3) is 0 Å². The Labute approximate surface area is 534 Å². The molecule has 0 saturated carbocycles. The molecule has 0 aromatic rings. The molecule has 0 bridgehead atoms. The molecule has 12 atom stereocenters. The van der Waals surface area contributed by atoms with E-state index in [1.807, 2.05) is 6.08 Å². The van der Waals surface area contributed by atoms with Gasteiger partial charge in [-0.05, 0) is 83.5 Å². The third-order valence-electron chi connectivity index (χ3n) is 16.8. The van der Waals surface area contributed by atoms with Crippen molar-refractivity contribution in [3.63, 3.8) is 0 Å². The molecule has 0 aromatic heterocycles. The standard InChI is InChI=1S/C74H129NO13/c1-3-5-7-9-11-13-15-17-19-21-23-25-26-27-28-29-30-31-32-33-34-35-36-38-39-41-43-45-47-49-51-53-55-57-63(78)62(61-85-73-71(84)69(82)72(65(60-77)87-73)88-74-70(83)68(81)67(80)64(59-76)86-74)75-66(79)58-56-54-52-50-48-46-44-42-40-37-24-22-20-18-16-14-12-10-8-6-4-2/h6,8,12,14,18,20,24,37,42,44,47-50,55,57,62-65,67-74,76-78,80-84H,3-5,7,9-11,13,15-17,19,21-23,25-36,38-41,43,45-46,51-54,56,58-61H2,1-2H3,(H,75,79)/b8-6-,14-12-,20-18-,37-24-,44-42-,49-47+,50-48-,57-55+. The fourth-order valence-corrected chi connectivity index (χ4v) is 11.1. The Morgan fingerprint density at radius 2 is 0.795 bits per heavy atom. The van der Waals surface area contributed by atoms with Gasteiger partial charge in [-0.25, -0.2) is 0 Å². The smallest absolute Gasteiger partial charge is 0.220 e. The van der Waals surface area contributed by atoms with Crippen molar-refractivity contribution >= 4 is 5.91 Å².